The average molecular weight is 196 g/mol. The Bertz CT molecular complexity index is 70.2. The highest BCUT2D eigenvalue weighted by atomic mass is 28.4. The van der Waals surface area contributed by atoms with E-state index in [2.05, 4.69) is 4.43 Å². The van der Waals surface area contributed by atoms with Crippen molar-refractivity contribution in [3.8, 4) is 0 Å². The molecule has 0 saturated heterocycles. The summed E-state index contributed by atoms with van der Waals surface area (Å²) >= 11 is 0. The minimum atomic E-state index is -1.65. The van der Waals surface area contributed by atoms with E-state index >= 15 is 0 Å². The molecular weight excluding hydrogens is 176 g/mol. The largest absolute Gasteiger partial charge is 0.428 e. The van der Waals surface area contributed by atoms with Crippen LogP contribution < -0.4 is 0 Å². The van der Waals surface area contributed by atoms with Crippen LogP contribution in [0.2, 0.25) is 13.1 Å². The smallest absolute Gasteiger partial charge is 0.331 e. The summed E-state index contributed by atoms with van der Waals surface area (Å²) in [6.45, 7) is 6.86. The predicted octanol–water partition coefficient (Wildman–Crippen LogP) is 0.284. The Balaban J connectivity index is 0. The van der Waals surface area contributed by atoms with Crippen molar-refractivity contribution < 1.29 is 13.3 Å². The minimum absolute atomic E-state index is 0.881. The maximum atomic E-state index is 5.00. The molecule has 0 spiro atoms. The molecule has 5 heteroatoms. The van der Waals surface area contributed by atoms with E-state index < -0.39 is 8.56 Å². The van der Waals surface area contributed by atoms with Gasteiger partial charge in [0.1, 0.15) is 10.5 Å². The van der Waals surface area contributed by atoms with Crippen molar-refractivity contribution in [1.29, 1.82) is 0 Å². The molecule has 0 saturated carbocycles. The van der Waals surface area contributed by atoms with Gasteiger partial charge in [0.05, 0.1) is 0 Å². The first-order chi connectivity index (χ1) is 5.04. The molecular formula is C6H20O3Si2. The zero-order valence-electron chi connectivity index (χ0n) is 8.43. The van der Waals surface area contributed by atoms with Gasteiger partial charge in [0, 0.05) is 20.8 Å². The molecule has 0 aliphatic heterocycles. The first-order valence-corrected chi connectivity index (χ1v) is 7.26. The molecule has 70 valence electrons. The van der Waals surface area contributed by atoms with Gasteiger partial charge in [0.2, 0.25) is 0 Å². The van der Waals surface area contributed by atoms with Gasteiger partial charge in [-0.25, -0.2) is 0 Å². The maximum Gasteiger partial charge on any atom is 0.331 e. The molecule has 0 fully saturated rings. The lowest BCUT2D eigenvalue weighted by Crippen LogP contribution is -2.31. The van der Waals surface area contributed by atoms with E-state index in [0.717, 1.165) is 17.1 Å². The molecule has 0 aliphatic carbocycles. The van der Waals surface area contributed by atoms with E-state index in [4.69, 9.17) is 8.85 Å². The summed E-state index contributed by atoms with van der Waals surface area (Å²) in [4.78, 5) is 0. The van der Waals surface area contributed by atoms with Gasteiger partial charge in [-0.1, -0.05) is 0 Å². The number of rotatable bonds is 3. The Kier molecular flexibility index (Phi) is 10.6. The predicted molar refractivity (Wildman–Crippen MR) is 53.1 cm³/mol. The topological polar surface area (TPSA) is 27.7 Å². The summed E-state index contributed by atoms with van der Waals surface area (Å²) in [6.07, 6.45) is 0. The van der Waals surface area contributed by atoms with Crippen LogP contribution in [0.1, 0.15) is 6.92 Å². The Morgan fingerprint density at radius 1 is 1.18 bits per heavy atom. The fraction of sp³-hybridized carbons (Fsp3) is 1.00. The molecule has 0 bridgehead atoms. The molecule has 0 amide bonds. The van der Waals surface area contributed by atoms with E-state index in [1.165, 1.54) is 0 Å². The van der Waals surface area contributed by atoms with E-state index in [0.29, 0.717) is 0 Å². The summed E-state index contributed by atoms with van der Waals surface area (Å²) in [7, 11) is 2.59. The molecule has 3 nitrogen and oxygen atoms in total. The molecule has 11 heavy (non-hydrogen) atoms. The van der Waals surface area contributed by atoms with Gasteiger partial charge in [-0.3, -0.25) is 0 Å². The SMILES string of the molecule is CCO[SiH3].CO[Si](C)(C)OC. The highest BCUT2D eigenvalue weighted by Gasteiger charge is 2.19. The normalized spacial score (nSPS) is 10.6. The van der Waals surface area contributed by atoms with Gasteiger partial charge in [-0.15, -0.1) is 0 Å². The van der Waals surface area contributed by atoms with E-state index in [1.54, 1.807) is 14.2 Å². The summed E-state index contributed by atoms with van der Waals surface area (Å²) in [5, 5.41) is 0. The Labute approximate surface area is 73.8 Å². The quantitative estimate of drug-likeness (QED) is 0.607. The van der Waals surface area contributed by atoms with Gasteiger partial charge in [0.15, 0.2) is 0 Å². The summed E-state index contributed by atoms with van der Waals surface area (Å²) < 4.78 is 14.7. The molecule has 0 radical (unpaired) electrons. The van der Waals surface area contributed by atoms with Gasteiger partial charge in [-0.05, 0) is 20.0 Å². The molecule has 0 aromatic heterocycles. The fourth-order valence-electron chi connectivity index (χ4n) is 0.0833. The van der Waals surface area contributed by atoms with E-state index in [1.807, 2.05) is 20.0 Å². The van der Waals surface area contributed by atoms with Crippen LogP contribution in [0, 0.1) is 0 Å². The van der Waals surface area contributed by atoms with E-state index in [-0.39, 0.29) is 0 Å². The molecule has 0 N–H and O–H groups in total. The average Bonchev–Trinajstić information content (AvgIpc) is 2.05. The molecule has 0 aromatic carbocycles. The third-order valence-electron chi connectivity index (χ3n) is 1.27. The zero-order valence-corrected chi connectivity index (χ0v) is 11.4. The summed E-state index contributed by atoms with van der Waals surface area (Å²) in [5.74, 6) is 0. The third-order valence-corrected chi connectivity index (χ3v) is 3.82. The van der Waals surface area contributed by atoms with Crippen LogP contribution in [0.4, 0.5) is 0 Å². The summed E-state index contributed by atoms with van der Waals surface area (Å²) in [6, 6.07) is 0. The fourth-order valence-corrected chi connectivity index (χ4v) is 0.250. The first-order valence-electron chi connectivity index (χ1n) is 3.63. The number of hydrogen-bond donors (Lipinski definition) is 0. The second-order valence-electron chi connectivity index (χ2n) is 2.39. The van der Waals surface area contributed by atoms with Crippen molar-refractivity contribution in [3.63, 3.8) is 0 Å². The van der Waals surface area contributed by atoms with Crippen LogP contribution in [-0.2, 0) is 13.3 Å². The molecule has 0 atom stereocenters. The van der Waals surface area contributed by atoms with Crippen molar-refractivity contribution in [2.45, 2.75) is 20.0 Å². The van der Waals surface area contributed by atoms with Gasteiger partial charge in [-0.2, -0.15) is 0 Å². The lowest BCUT2D eigenvalue weighted by molar-refractivity contribution is 0.258. The van der Waals surface area contributed by atoms with Crippen LogP contribution in [0.25, 0.3) is 0 Å². The Morgan fingerprint density at radius 2 is 1.45 bits per heavy atom. The van der Waals surface area contributed by atoms with Crippen LogP contribution in [-0.4, -0.2) is 39.9 Å². The molecule has 0 aliphatic rings. The first kappa shape index (κ1) is 13.9. The van der Waals surface area contributed by atoms with Crippen molar-refractivity contribution in [2.75, 3.05) is 20.8 Å². The highest BCUT2D eigenvalue weighted by molar-refractivity contribution is 6.64. The molecule has 0 heterocycles. The number of hydrogen-bond acceptors (Lipinski definition) is 3. The second-order valence-corrected chi connectivity index (χ2v) is 6.58. The third kappa shape index (κ3) is 13.3. The van der Waals surface area contributed by atoms with Crippen LogP contribution in [0.15, 0.2) is 0 Å². The highest BCUT2D eigenvalue weighted by Crippen LogP contribution is 1.99. The minimum Gasteiger partial charge on any atom is -0.428 e. The van der Waals surface area contributed by atoms with Crippen molar-refractivity contribution in [2.24, 2.45) is 0 Å². The van der Waals surface area contributed by atoms with Crippen LogP contribution in [0.5, 0.6) is 0 Å². The van der Waals surface area contributed by atoms with E-state index in [9.17, 15) is 0 Å². The van der Waals surface area contributed by atoms with Gasteiger partial charge in [0.25, 0.3) is 0 Å². The van der Waals surface area contributed by atoms with Crippen molar-refractivity contribution in [3.05, 3.63) is 0 Å². The molecule has 0 rings (SSSR count). The summed E-state index contributed by atoms with van der Waals surface area (Å²) in [5.41, 5.74) is 0. The molecule has 0 aromatic rings. The maximum absolute atomic E-state index is 5.00. The van der Waals surface area contributed by atoms with Crippen molar-refractivity contribution in [1.82, 2.24) is 0 Å². The van der Waals surface area contributed by atoms with Crippen LogP contribution in [0.3, 0.4) is 0 Å². The lowest BCUT2D eigenvalue weighted by atomic mass is 10.9. The standard InChI is InChI=1S/C4H12O2Si.C2H8OSi/c1-5-7(3,4)6-2;1-2-3-4/h1-4H3;2H2,1,4H3. The molecule has 0 unspecified atom stereocenters. The Hall–Kier alpha value is 0.314. The van der Waals surface area contributed by atoms with Gasteiger partial charge >= 0.3 is 8.56 Å². The zero-order chi connectivity index (χ0) is 9.33. The lowest BCUT2D eigenvalue weighted by Gasteiger charge is -2.15. The second kappa shape index (κ2) is 8.41. The van der Waals surface area contributed by atoms with Gasteiger partial charge < -0.3 is 13.3 Å². The monoisotopic (exact) mass is 196 g/mol. The Morgan fingerprint density at radius 3 is 1.45 bits per heavy atom. The van der Waals surface area contributed by atoms with Crippen LogP contribution >= 0.6 is 0 Å². The van der Waals surface area contributed by atoms with Crippen molar-refractivity contribution >= 4 is 19.0 Å².